The fourth-order valence-corrected chi connectivity index (χ4v) is 2.15. The van der Waals surface area contributed by atoms with E-state index in [-0.39, 0.29) is 18.3 Å². The molecule has 1 atom stereocenters. The Bertz CT molecular complexity index is 523. The molecule has 0 radical (unpaired) electrons. The number of para-hydroxylation sites is 1. The molecule has 0 heterocycles. The first-order valence-corrected chi connectivity index (χ1v) is 7.90. The summed E-state index contributed by atoms with van der Waals surface area (Å²) in [5.41, 5.74) is 0.590. The predicted molar refractivity (Wildman–Crippen MR) is 72.3 cm³/mol. The second-order valence-corrected chi connectivity index (χ2v) is 6.09. The van der Waals surface area contributed by atoms with Gasteiger partial charge in [0.15, 0.2) is 0 Å². The molecule has 0 fully saturated rings. The molecule has 1 unspecified atom stereocenters. The van der Waals surface area contributed by atoms with Crippen LogP contribution < -0.4 is 14.8 Å². The number of nitrogens with one attached hydrogen (secondary N) is 2. The van der Waals surface area contributed by atoms with E-state index in [1.165, 1.54) is 6.07 Å². The summed E-state index contributed by atoms with van der Waals surface area (Å²) in [4.78, 5) is 0. The summed E-state index contributed by atoms with van der Waals surface area (Å²) in [6.45, 7) is -0.498. The van der Waals surface area contributed by atoms with Crippen molar-refractivity contribution in [1.29, 1.82) is 0 Å². The average molecular weight is 308 g/mol. The molecule has 0 aliphatic carbocycles. The van der Waals surface area contributed by atoms with Crippen LogP contribution in [0.2, 0.25) is 0 Å². The van der Waals surface area contributed by atoms with Crippen molar-refractivity contribution in [2.75, 3.05) is 19.3 Å². The number of hydrogen-bond donors (Lipinski definition) is 2. The molecule has 0 aromatic heterocycles. The maximum atomic E-state index is 12.3. The minimum absolute atomic E-state index is 0.110. The Kier molecular flexibility index (Phi) is 6.31. The highest BCUT2D eigenvalue weighted by atomic mass is 32.2. The van der Waals surface area contributed by atoms with Gasteiger partial charge in [0.25, 0.3) is 0 Å². The van der Waals surface area contributed by atoms with Crippen LogP contribution in [-0.2, 0) is 10.0 Å². The van der Waals surface area contributed by atoms with Crippen molar-refractivity contribution >= 4 is 10.0 Å². The predicted octanol–water partition coefficient (Wildman–Crippen LogP) is 1.49. The van der Waals surface area contributed by atoms with Crippen molar-refractivity contribution in [3.05, 3.63) is 29.8 Å². The van der Waals surface area contributed by atoms with Crippen molar-refractivity contribution in [2.45, 2.75) is 19.6 Å². The monoisotopic (exact) mass is 308 g/mol. The van der Waals surface area contributed by atoms with E-state index in [1.807, 2.05) is 0 Å². The molecule has 2 N–H and O–H groups in total. The van der Waals surface area contributed by atoms with Crippen LogP contribution in [0, 0.1) is 0 Å². The lowest BCUT2D eigenvalue weighted by atomic mass is 10.1. The normalized spacial score (nSPS) is 13.4. The lowest BCUT2D eigenvalue weighted by Crippen LogP contribution is -2.32. The van der Waals surface area contributed by atoms with Gasteiger partial charge in [-0.25, -0.2) is 13.1 Å². The summed E-state index contributed by atoms with van der Waals surface area (Å²) in [6, 6.07) is 6.24. The summed E-state index contributed by atoms with van der Waals surface area (Å²) < 4.78 is 53.1. The first-order valence-electron chi connectivity index (χ1n) is 6.01. The van der Waals surface area contributed by atoms with E-state index in [0.29, 0.717) is 12.1 Å². The van der Waals surface area contributed by atoms with Crippen LogP contribution in [0.3, 0.4) is 0 Å². The highest BCUT2D eigenvalue weighted by Gasteiger charge is 2.14. The van der Waals surface area contributed by atoms with E-state index in [9.17, 15) is 17.2 Å². The third kappa shape index (κ3) is 6.27. The van der Waals surface area contributed by atoms with Gasteiger partial charge in [0.1, 0.15) is 5.75 Å². The summed E-state index contributed by atoms with van der Waals surface area (Å²) >= 11 is 0. The number of halogens is 2. The van der Waals surface area contributed by atoms with Gasteiger partial charge >= 0.3 is 6.61 Å². The van der Waals surface area contributed by atoms with Gasteiger partial charge in [-0.2, -0.15) is 8.78 Å². The number of hydrogen-bond acceptors (Lipinski definition) is 4. The topological polar surface area (TPSA) is 67.4 Å². The molecule has 8 heteroatoms. The second kappa shape index (κ2) is 7.51. The average Bonchev–Trinajstić information content (AvgIpc) is 2.33. The molecule has 0 saturated carbocycles. The molecule has 1 aromatic carbocycles. The molecule has 20 heavy (non-hydrogen) atoms. The Balaban J connectivity index is 2.56. The Morgan fingerprint density at radius 3 is 2.50 bits per heavy atom. The summed E-state index contributed by atoms with van der Waals surface area (Å²) in [5, 5.41) is 3.03. The highest BCUT2D eigenvalue weighted by molar-refractivity contribution is 7.88. The molecule has 5 nitrogen and oxygen atoms in total. The number of benzene rings is 1. The van der Waals surface area contributed by atoms with E-state index < -0.39 is 16.6 Å². The van der Waals surface area contributed by atoms with Gasteiger partial charge in [-0.05, 0) is 13.0 Å². The molecular formula is C12H18F2N2O3S. The van der Waals surface area contributed by atoms with Gasteiger partial charge in [-0.3, -0.25) is 0 Å². The largest absolute Gasteiger partial charge is 0.434 e. The molecule has 0 aliphatic rings. The van der Waals surface area contributed by atoms with Crippen LogP contribution in [-0.4, -0.2) is 34.4 Å². The first kappa shape index (κ1) is 16.8. The van der Waals surface area contributed by atoms with E-state index in [0.717, 1.165) is 6.26 Å². The number of rotatable bonds is 8. The number of sulfonamides is 1. The number of alkyl halides is 2. The van der Waals surface area contributed by atoms with Gasteiger partial charge < -0.3 is 10.1 Å². The zero-order valence-electron chi connectivity index (χ0n) is 11.3. The Labute approximate surface area is 117 Å². The molecule has 0 spiro atoms. The molecule has 0 aliphatic heterocycles. The lowest BCUT2D eigenvalue weighted by molar-refractivity contribution is -0.0506. The van der Waals surface area contributed by atoms with Crippen LogP contribution >= 0.6 is 0 Å². The quantitative estimate of drug-likeness (QED) is 0.714. The van der Waals surface area contributed by atoms with Gasteiger partial charge in [0, 0.05) is 24.7 Å². The maximum Gasteiger partial charge on any atom is 0.387 e. The molecule has 1 rings (SSSR count). The standard InChI is InChI=1S/C12H18F2N2O3S/c1-9(15-7-8-16-20(2,17)18)10-5-3-4-6-11(10)19-12(13)14/h3-6,9,12,15-16H,7-8H2,1-2H3. The van der Waals surface area contributed by atoms with Crippen LogP contribution in [0.1, 0.15) is 18.5 Å². The van der Waals surface area contributed by atoms with Gasteiger partial charge in [0.05, 0.1) is 6.26 Å². The minimum Gasteiger partial charge on any atom is -0.434 e. The van der Waals surface area contributed by atoms with Crippen molar-refractivity contribution in [2.24, 2.45) is 0 Å². The van der Waals surface area contributed by atoms with Crippen molar-refractivity contribution in [3.8, 4) is 5.75 Å². The van der Waals surface area contributed by atoms with Crippen LogP contribution in [0.5, 0.6) is 5.75 Å². The lowest BCUT2D eigenvalue weighted by Gasteiger charge is -2.18. The molecule has 1 aromatic rings. The van der Waals surface area contributed by atoms with E-state index >= 15 is 0 Å². The third-order valence-corrected chi connectivity index (χ3v) is 3.27. The highest BCUT2D eigenvalue weighted by Crippen LogP contribution is 2.25. The summed E-state index contributed by atoms with van der Waals surface area (Å²) in [7, 11) is -3.22. The van der Waals surface area contributed by atoms with Crippen molar-refractivity contribution in [3.63, 3.8) is 0 Å². The van der Waals surface area contributed by atoms with Crippen molar-refractivity contribution in [1.82, 2.24) is 10.0 Å². The zero-order valence-corrected chi connectivity index (χ0v) is 12.1. The fourth-order valence-electron chi connectivity index (χ4n) is 1.68. The third-order valence-electron chi connectivity index (χ3n) is 2.54. The van der Waals surface area contributed by atoms with Gasteiger partial charge in [0.2, 0.25) is 10.0 Å². The van der Waals surface area contributed by atoms with E-state index in [4.69, 9.17) is 0 Å². The van der Waals surface area contributed by atoms with Crippen LogP contribution in [0.15, 0.2) is 24.3 Å². The Morgan fingerprint density at radius 2 is 1.90 bits per heavy atom. The molecular weight excluding hydrogens is 290 g/mol. The molecule has 114 valence electrons. The van der Waals surface area contributed by atoms with Crippen LogP contribution in [0.25, 0.3) is 0 Å². The van der Waals surface area contributed by atoms with E-state index in [2.05, 4.69) is 14.8 Å². The Hall–Kier alpha value is -1.25. The molecule has 0 amide bonds. The second-order valence-electron chi connectivity index (χ2n) is 4.26. The molecule has 0 saturated heterocycles. The summed E-state index contributed by atoms with van der Waals surface area (Å²) in [6.07, 6.45) is 1.07. The van der Waals surface area contributed by atoms with Gasteiger partial charge in [-0.1, -0.05) is 18.2 Å². The summed E-state index contributed by atoms with van der Waals surface area (Å²) in [5.74, 6) is 0.110. The number of ether oxygens (including phenoxy) is 1. The van der Waals surface area contributed by atoms with Crippen LogP contribution in [0.4, 0.5) is 8.78 Å². The maximum absolute atomic E-state index is 12.3. The van der Waals surface area contributed by atoms with Crippen molar-refractivity contribution < 1.29 is 21.9 Å². The zero-order chi connectivity index (χ0) is 15.2. The smallest absolute Gasteiger partial charge is 0.387 e. The SMILES string of the molecule is CC(NCCNS(C)(=O)=O)c1ccccc1OC(F)F. The van der Waals surface area contributed by atoms with Gasteiger partial charge in [-0.15, -0.1) is 0 Å². The molecule has 0 bridgehead atoms. The Morgan fingerprint density at radius 1 is 1.25 bits per heavy atom. The fraction of sp³-hybridized carbons (Fsp3) is 0.500. The first-order chi connectivity index (χ1) is 9.29. The van der Waals surface area contributed by atoms with E-state index in [1.54, 1.807) is 25.1 Å². The minimum atomic E-state index is -3.22.